The molecule has 0 bridgehead atoms. The lowest BCUT2D eigenvalue weighted by Crippen LogP contribution is -2.36. The van der Waals surface area contributed by atoms with Crippen molar-refractivity contribution in [2.75, 3.05) is 11.9 Å². The summed E-state index contributed by atoms with van der Waals surface area (Å²) >= 11 is 0. The first kappa shape index (κ1) is 15.0. The number of benzene rings is 1. The van der Waals surface area contributed by atoms with E-state index in [1.54, 1.807) is 6.20 Å². The van der Waals surface area contributed by atoms with Crippen molar-refractivity contribution in [2.24, 2.45) is 11.1 Å². The van der Waals surface area contributed by atoms with E-state index in [2.05, 4.69) is 10.3 Å². The molecule has 4 nitrogen and oxygen atoms in total. The summed E-state index contributed by atoms with van der Waals surface area (Å²) in [5, 5.41) is 4.03. The Balaban J connectivity index is 1.75. The molecule has 0 radical (unpaired) electrons. The summed E-state index contributed by atoms with van der Waals surface area (Å²) < 4.78 is 0. The Morgan fingerprint density at radius 1 is 1.18 bits per heavy atom. The molecule has 2 aromatic rings. The van der Waals surface area contributed by atoms with Crippen molar-refractivity contribution in [3.63, 3.8) is 0 Å². The van der Waals surface area contributed by atoms with Crippen LogP contribution in [-0.4, -0.2) is 17.4 Å². The molecule has 4 heteroatoms. The molecule has 0 aliphatic heterocycles. The summed E-state index contributed by atoms with van der Waals surface area (Å²) in [5.41, 5.74) is 7.70. The topological polar surface area (TPSA) is 68.0 Å². The van der Waals surface area contributed by atoms with Crippen LogP contribution in [0.4, 0.5) is 5.69 Å². The van der Waals surface area contributed by atoms with Gasteiger partial charge in [0.25, 0.3) is 0 Å². The van der Waals surface area contributed by atoms with Gasteiger partial charge in [-0.1, -0.05) is 25.3 Å². The van der Waals surface area contributed by atoms with Crippen molar-refractivity contribution < 1.29 is 4.79 Å². The van der Waals surface area contributed by atoms with Gasteiger partial charge in [-0.25, -0.2) is 0 Å². The highest BCUT2D eigenvalue weighted by molar-refractivity contribution is 6.01. The Hall–Kier alpha value is -1.94. The van der Waals surface area contributed by atoms with E-state index in [1.807, 2.05) is 30.3 Å². The summed E-state index contributed by atoms with van der Waals surface area (Å²) in [7, 11) is 0. The highest BCUT2D eigenvalue weighted by atomic mass is 16.1. The molecule has 1 fully saturated rings. The van der Waals surface area contributed by atoms with E-state index < -0.39 is 0 Å². The number of carbonyl (C=O) groups is 1. The number of nitrogens with one attached hydrogen (secondary N) is 1. The van der Waals surface area contributed by atoms with E-state index in [9.17, 15) is 4.79 Å². The number of pyridine rings is 1. The van der Waals surface area contributed by atoms with Gasteiger partial charge in [0, 0.05) is 18.0 Å². The van der Waals surface area contributed by atoms with E-state index in [4.69, 9.17) is 5.73 Å². The number of carbonyl (C=O) groups excluding carboxylic acids is 1. The molecule has 116 valence electrons. The molecule has 1 heterocycles. The van der Waals surface area contributed by atoms with Gasteiger partial charge in [0.2, 0.25) is 5.91 Å². The van der Waals surface area contributed by atoms with Gasteiger partial charge in [-0.3, -0.25) is 9.78 Å². The average Bonchev–Trinajstić information content (AvgIpc) is 2.56. The molecular formula is C18H23N3O. The molecular weight excluding hydrogens is 274 g/mol. The fraction of sp³-hybridized carbons (Fsp3) is 0.444. The summed E-state index contributed by atoms with van der Waals surface area (Å²) in [6.45, 7) is 0.595. The Bertz CT molecular complexity index is 657. The minimum Gasteiger partial charge on any atom is -0.330 e. The Labute approximate surface area is 131 Å². The lowest BCUT2D eigenvalue weighted by atomic mass is 9.71. The largest absolute Gasteiger partial charge is 0.330 e. The number of fused-ring (bicyclic) bond motifs is 1. The zero-order chi connectivity index (χ0) is 15.4. The van der Waals surface area contributed by atoms with Gasteiger partial charge in [-0.2, -0.15) is 0 Å². The van der Waals surface area contributed by atoms with Crippen molar-refractivity contribution in [1.82, 2.24) is 4.98 Å². The lowest BCUT2D eigenvalue weighted by molar-refractivity contribution is -0.118. The Kier molecular flexibility index (Phi) is 4.39. The lowest BCUT2D eigenvalue weighted by Gasteiger charge is -2.35. The fourth-order valence-electron chi connectivity index (χ4n) is 3.50. The van der Waals surface area contributed by atoms with Gasteiger partial charge in [-0.15, -0.1) is 0 Å². The second kappa shape index (κ2) is 6.44. The maximum Gasteiger partial charge on any atom is 0.224 e. The molecule has 1 aliphatic carbocycles. The van der Waals surface area contributed by atoms with Crippen LogP contribution in [0.25, 0.3) is 10.9 Å². The first-order valence-electron chi connectivity index (χ1n) is 8.06. The smallest absolute Gasteiger partial charge is 0.224 e. The summed E-state index contributed by atoms with van der Waals surface area (Å²) in [6.07, 6.45) is 8.03. The van der Waals surface area contributed by atoms with Gasteiger partial charge in [0.1, 0.15) is 0 Å². The zero-order valence-corrected chi connectivity index (χ0v) is 12.8. The number of amides is 1. The highest BCUT2D eigenvalue weighted by Crippen LogP contribution is 2.38. The van der Waals surface area contributed by atoms with Crippen LogP contribution in [0, 0.1) is 5.41 Å². The van der Waals surface area contributed by atoms with Crippen molar-refractivity contribution in [3.05, 3.63) is 36.5 Å². The first-order valence-corrected chi connectivity index (χ1v) is 8.06. The molecule has 1 aromatic heterocycles. The van der Waals surface area contributed by atoms with Crippen LogP contribution >= 0.6 is 0 Å². The number of aromatic nitrogens is 1. The molecule has 1 aromatic carbocycles. The average molecular weight is 297 g/mol. The molecule has 1 saturated carbocycles. The van der Waals surface area contributed by atoms with Gasteiger partial charge in [0.05, 0.1) is 11.2 Å². The molecule has 3 N–H and O–H groups in total. The molecule has 1 amide bonds. The number of rotatable bonds is 4. The highest BCUT2D eigenvalue weighted by Gasteiger charge is 2.33. The first-order chi connectivity index (χ1) is 10.7. The third-order valence-electron chi connectivity index (χ3n) is 4.80. The third kappa shape index (κ3) is 3.12. The second-order valence-electron chi connectivity index (χ2n) is 6.37. The van der Waals surface area contributed by atoms with Crippen molar-refractivity contribution >= 4 is 22.5 Å². The third-order valence-corrected chi connectivity index (χ3v) is 4.80. The second-order valence-corrected chi connectivity index (χ2v) is 6.37. The van der Waals surface area contributed by atoms with Crippen molar-refractivity contribution in [2.45, 2.75) is 38.5 Å². The Morgan fingerprint density at radius 3 is 2.77 bits per heavy atom. The van der Waals surface area contributed by atoms with Crippen molar-refractivity contribution in [3.8, 4) is 0 Å². The zero-order valence-electron chi connectivity index (χ0n) is 12.8. The predicted molar refractivity (Wildman–Crippen MR) is 89.6 cm³/mol. The van der Waals surface area contributed by atoms with Gasteiger partial charge in [-0.05, 0) is 49.1 Å². The maximum absolute atomic E-state index is 12.5. The van der Waals surface area contributed by atoms with E-state index in [-0.39, 0.29) is 11.3 Å². The maximum atomic E-state index is 12.5. The number of hydrogen-bond donors (Lipinski definition) is 2. The monoisotopic (exact) mass is 297 g/mol. The van der Waals surface area contributed by atoms with Crippen LogP contribution in [0.5, 0.6) is 0 Å². The number of nitrogens with zero attached hydrogens (tertiary/aromatic N) is 1. The molecule has 3 rings (SSSR count). The summed E-state index contributed by atoms with van der Waals surface area (Å²) in [4.78, 5) is 16.8. The van der Waals surface area contributed by atoms with Crippen LogP contribution in [0.2, 0.25) is 0 Å². The van der Waals surface area contributed by atoms with Crippen LogP contribution < -0.4 is 11.1 Å². The van der Waals surface area contributed by atoms with Crippen LogP contribution in [0.3, 0.4) is 0 Å². The van der Waals surface area contributed by atoms with E-state index in [0.29, 0.717) is 13.0 Å². The fourth-order valence-corrected chi connectivity index (χ4v) is 3.50. The van der Waals surface area contributed by atoms with Crippen LogP contribution in [0.15, 0.2) is 36.5 Å². The van der Waals surface area contributed by atoms with Crippen LogP contribution in [0.1, 0.15) is 38.5 Å². The van der Waals surface area contributed by atoms with E-state index >= 15 is 0 Å². The molecule has 22 heavy (non-hydrogen) atoms. The summed E-state index contributed by atoms with van der Waals surface area (Å²) in [5.74, 6) is 0.0590. The predicted octanol–water partition coefficient (Wildman–Crippen LogP) is 3.47. The van der Waals surface area contributed by atoms with E-state index in [0.717, 1.165) is 29.4 Å². The van der Waals surface area contributed by atoms with Gasteiger partial charge >= 0.3 is 0 Å². The van der Waals surface area contributed by atoms with Crippen molar-refractivity contribution in [1.29, 1.82) is 0 Å². The number of anilines is 1. The van der Waals surface area contributed by atoms with Gasteiger partial charge in [0.15, 0.2) is 0 Å². The number of nitrogens with two attached hydrogens (primary N) is 1. The standard InChI is InChI=1S/C18H23N3O/c19-13-18(9-2-1-3-10-18)12-17(22)21-16-8-4-7-15-14(16)6-5-11-20-15/h4-8,11H,1-3,9-10,12-13,19H2,(H,21,22). The number of hydrogen-bond acceptors (Lipinski definition) is 3. The molecule has 0 atom stereocenters. The summed E-state index contributed by atoms with van der Waals surface area (Å²) in [6, 6.07) is 9.67. The molecule has 0 spiro atoms. The molecule has 0 unspecified atom stereocenters. The Morgan fingerprint density at radius 2 is 2.00 bits per heavy atom. The van der Waals surface area contributed by atoms with Crippen LogP contribution in [-0.2, 0) is 4.79 Å². The normalized spacial score (nSPS) is 17.3. The SMILES string of the molecule is NCC1(CC(=O)Nc2cccc3ncccc23)CCCCC1. The molecule has 0 saturated heterocycles. The quantitative estimate of drug-likeness (QED) is 0.908. The van der Waals surface area contributed by atoms with E-state index in [1.165, 1.54) is 19.3 Å². The minimum absolute atomic E-state index is 0.00876. The molecule has 1 aliphatic rings. The minimum atomic E-state index is -0.00876. The van der Waals surface area contributed by atoms with Gasteiger partial charge < -0.3 is 11.1 Å².